The van der Waals surface area contributed by atoms with E-state index in [-0.39, 0.29) is 18.3 Å². The van der Waals surface area contributed by atoms with Gasteiger partial charge in [-0.3, -0.25) is 9.59 Å². The Morgan fingerprint density at radius 3 is 2.44 bits per heavy atom. The quantitative estimate of drug-likeness (QED) is 0.854. The topological polar surface area (TPSA) is 66.8 Å². The SMILES string of the molecule is CCC[C@@]1(C(=O)O)CCCN(C(=O)C2(c3ccc(F)cc3)CCOCC2)C1. The van der Waals surface area contributed by atoms with Crippen LogP contribution in [0.25, 0.3) is 0 Å². The molecule has 1 atom stereocenters. The number of piperidine rings is 1. The van der Waals surface area contributed by atoms with E-state index in [0.717, 1.165) is 12.0 Å². The smallest absolute Gasteiger partial charge is 0.311 e. The summed E-state index contributed by atoms with van der Waals surface area (Å²) in [5.74, 6) is -1.19. The lowest BCUT2D eigenvalue weighted by Gasteiger charge is -2.45. The Morgan fingerprint density at radius 2 is 1.85 bits per heavy atom. The van der Waals surface area contributed by atoms with E-state index >= 15 is 0 Å². The molecule has 2 saturated heterocycles. The van der Waals surface area contributed by atoms with Crippen molar-refractivity contribution in [1.29, 1.82) is 0 Å². The summed E-state index contributed by atoms with van der Waals surface area (Å²) >= 11 is 0. The van der Waals surface area contributed by atoms with Gasteiger partial charge in [-0.2, -0.15) is 0 Å². The zero-order valence-corrected chi connectivity index (χ0v) is 15.9. The highest BCUT2D eigenvalue weighted by atomic mass is 19.1. The number of carbonyl (C=O) groups excluding carboxylic acids is 1. The van der Waals surface area contributed by atoms with Crippen molar-refractivity contribution < 1.29 is 23.8 Å². The fourth-order valence-electron chi connectivity index (χ4n) is 4.69. The lowest BCUT2D eigenvalue weighted by Crippen LogP contribution is -2.56. The molecule has 1 N–H and O–H groups in total. The number of carbonyl (C=O) groups is 2. The molecule has 5 nitrogen and oxygen atoms in total. The number of amides is 1. The van der Waals surface area contributed by atoms with Crippen LogP contribution in [-0.4, -0.2) is 48.2 Å². The van der Waals surface area contributed by atoms with Gasteiger partial charge in [0.1, 0.15) is 5.82 Å². The number of carboxylic acid groups (broad SMARTS) is 1. The van der Waals surface area contributed by atoms with E-state index in [9.17, 15) is 19.1 Å². The molecule has 0 saturated carbocycles. The number of carboxylic acids is 1. The summed E-state index contributed by atoms with van der Waals surface area (Å²) in [7, 11) is 0. The largest absolute Gasteiger partial charge is 0.481 e. The van der Waals surface area contributed by atoms with Gasteiger partial charge in [0.2, 0.25) is 5.91 Å². The van der Waals surface area contributed by atoms with Crippen LogP contribution in [0.5, 0.6) is 0 Å². The van der Waals surface area contributed by atoms with Crippen LogP contribution in [-0.2, 0) is 19.7 Å². The summed E-state index contributed by atoms with van der Waals surface area (Å²) in [6.45, 7) is 3.73. The van der Waals surface area contributed by atoms with Gasteiger partial charge in [-0.05, 0) is 49.8 Å². The maximum atomic E-state index is 13.7. The Labute approximate surface area is 159 Å². The van der Waals surface area contributed by atoms with Crippen LogP contribution >= 0.6 is 0 Å². The minimum Gasteiger partial charge on any atom is -0.481 e. The Balaban J connectivity index is 1.92. The molecule has 0 unspecified atom stereocenters. The molecule has 3 rings (SSSR count). The average molecular weight is 377 g/mol. The first kappa shape index (κ1) is 19.8. The van der Waals surface area contributed by atoms with Crippen molar-refractivity contribution >= 4 is 11.9 Å². The summed E-state index contributed by atoms with van der Waals surface area (Å²) in [6.07, 6.45) is 3.69. The molecule has 6 heteroatoms. The first-order valence-electron chi connectivity index (χ1n) is 9.80. The van der Waals surface area contributed by atoms with Crippen molar-refractivity contribution in [2.24, 2.45) is 5.41 Å². The summed E-state index contributed by atoms with van der Waals surface area (Å²) < 4.78 is 18.9. The number of nitrogens with zero attached hydrogens (tertiary/aromatic N) is 1. The molecule has 0 aliphatic carbocycles. The van der Waals surface area contributed by atoms with Crippen LogP contribution in [0.3, 0.4) is 0 Å². The molecular formula is C21H28FNO4. The number of benzene rings is 1. The summed E-state index contributed by atoms with van der Waals surface area (Å²) in [5, 5.41) is 9.84. The Bertz CT molecular complexity index is 680. The van der Waals surface area contributed by atoms with E-state index in [1.807, 2.05) is 6.92 Å². The summed E-state index contributed by atoms with van der Waals surface area (Å²) in [4.78, 5) is 27.4. The van der Waals surface area contributed by atoms with Crippen LogP contribution in [0.1, 0.15) is 51.0 Å². The molecule has 1 aromatic rings. The Morgan fingerprint density at radius 1 is 1.19 bits per heavy atom. The maximum absolute atomic E-state index is 13.7. The first-order chi connectivity index (χ1) is 12.9. The fraction of sp³-hybridized carbons (Fsp3) is 0.619. The fourth-order valence-corrected chi connectivity index (χ4v) is 4.69. The molecule has 148 valence electrons. The molecule has 0 radical (unpaired) electrons. The maximum Gasteiger partial charge on any atom is 0.311 e. The van der Waals surface area contributed by atoms with Gasteiger partial charge in [-0.15, -0.1) is 0 Å². The third kappa shape index (κ3) is 3.72. The molecule has 1 amide bonds. The number of rotatable bonds is 5. The highest BCUT2D eigenvalue weighted by molar-refractivity contribution is 5.89. The van der Waals surface area contributed by atoms with Gasteiger partial charge in [0.05, 0.1) is 10.8 Å². The monoisotopic (exact) mass is 377 g/mol. The van der Waals surface area contributed by atoms with E-state index in [4.69, 9.17) is 4.74 Å². The molecule has 0 aromatic heterocycles. The van der Waals surface area contributed by atoms with Crippen LogP contribution in [0.4, 0.5) is 4.39 Å². The van der Waals surface area contributed by atoms with Crippen molar-refractivity contribution in [3.63, 3.8) is 0 Å². The standard InChI is InChI=1S/C21H28FNO4/c1-2-8-20(19(25)26)9-3-12-23(15-20)18(24)21(10-13-27-14-11-21)16-4-6-17(22)7-5-16/h4-7H,2-3,8-15H2,1H3,(H,25,26)/t20-/m1/s1. The van der Waals surface area contributed by atoms with Gasteiger partial charge in [0, 0.05) is 26.3 Å². The van der Waals surface area contributed by atoms with Gasteiger partial charge >= 0.3 is 5.97 Å². The molecule has 2 fully saturated rings. The van der Waals surface area contributed by atoms with Crippen LogP contribution in [0.2, 0.25) is 0 Å². The molecule has 27 heavy (non-hydrogen) atoms. The van der Waals surface area contributed by atoms with Gasteiger partial charge < -0.3 is 14.7 Å². The van der Waals surface area contributed by atoms with Crippen molar-refractivity contribution in [3.8, 4) is 0 Å². The lowest BCUT2D eigenvalue weighted by atomic mass is 9.71. The minimum absolute atomic E-state index is 0.0427. The summed E-state index contributed by atoms with van der Waals surface area (Å²) in [5.41, 5.74) is -0.837. The van der Waals surface area contributed by atoms with Crippen LogP contribution in [0.15, 0.2) is 24.3 Å². The molecule has 1 aromatic carbocycles. The van der Waals surface area contributed by atoms with E-state index in [0.29, 0.717) is 51.9 Å². The Kier molecular flexibility index (Phi) is 5.84. The zero-order valence-electron chi connectivity index (χ0n) is 15.9. The van der Waals surface area contributed by atoms with Gasteiger partial charge in [0.25, 0.3) is 0 Å². The van der Waals surface area contributed by atoms with Crippen LogP contribution in [0, 0.1) is 11.2 Å². The van der Waals surface area contributed by atoms with Crippen molar-refractivity contribution in [2.45, 2.75) is 50.9 Å². The average Bonchev–Trinajstić information content (AvgIpc) is 2.69. The van der Waals surface area contributed by atoms with E-state index in [1.165, 1.54) is 12.1 Å². The molecule has 2 heterocycles. The van der Waals surface area contributed by atoms with Gasteiger partial charge in [-0.25, -0.2) is 4.39 Å². The van der Waals surface area contributed by atoms with Crippen molar-refractivity contribution in [3.05, 3.63) is 35.6 Å². The highest BCUT2D eigenvalue weighted by Crippen LogP contribution is 2.41. The molecule has 0 bridgehead atoms. The normalized spacial score (nSPS) is 25.2. The first-order valence-corrected chi connectivity index (χ1v) is 9.80. The number of hydrogen-bond donors (Lipinski definition) is 1. The number of hydrogen-bond acceptors (Lipinski definition) is 3. The highest BCUT2D eigenvalue weighted by Gasteiger charge is 2.49. The molecule has 2 aliphatic rings. The third-order valence-corrected chi connectivity index (χ3v) is 6.20. The van der Waals surface area contributed by atoms with E-state index < -0.39 is 16.8 Å². The predicted octanol–water partition coefficient (Wildman–Crippen LogP) is 3.37. The minimum atomic E-state index is -0.863. The van der Waals surface area contributed by atoms with E-state index in [1.54, 1.807) is 17.0 Å². The predicted molar refractivity (Wildman–Crippen MR) is 98.9 cm³/mol. The second kappa shape index (κ2) is 7.97. The third-order valence-electron chi connectivity index (χ3n) is 6.20. The summed E-state index contributed by atoms with van der Waals surface area (Å²) in [6, 6.07) is 6.13. The van der Waals surface area contributed by atoms with Crippen molar-refractivity contribution in [1.82, 2.24) is 4.90 Å². The second-order valence-electron chi connectivity index (χ2n) is 7.87. The number of halogens is 1. The molecule has 0 spiro atoms. The van der Waals surface area contributed by atoms with E-state index in [2.05, 4.69) is 0 Å². The number of ether oxygens (including phenoxy) is 1. The number of likely N-dealkylation sites (tertiary alicyclic amines) is 1. The lowest BCUT2D eigenvalue weighted by molar-refractivity contribution is -0.158. The molecule has 2 aliphatic heterocycles. The molecular weight excluding hydrogens is 349 g/mol. The van der Waals surface area contributed by atoms with Crippen molar-refractivity contribution in [2.75, 3.05) is 26.3 Å². The zero-order chi connectivity index (χ0) is 19.5. The Hall–Kier alpha value is -1.95. The van der Waals surface area contributed by atoms with Gasteiger partial charge in [-0.1, -0.05) is 25.5 Å². The van der Waals surface area contributed by atoms with Crippen LogP contribution < -0.4 is 0 Å². The second-order valence-corrected chi connectivity index (χ2v) is 7.87. The van der Waals surface area contributed by atoms with Gasteiger partial charge in [0.15, 0.2) is 0 Å². The number of aliphatic carboxylic acids is 1.